The first-order chi connectivity index (χ1) is 10.0. The first-order valence-electron chi connectivity index (χ1n) is 7.25. The number of nitrogens with one attached hydrogen (secondary N) is 1. The number of nitro groups is 1. The van der Waals surface area contributed by atoms with Gasteiger partial charge in [-0.15, -0.1) is 0 Å². The third-order valence-electron chi connectivity index (χ3n) is 2.79. The second-order valence-corrected chi connectivity index (χ2v) is 5.05. The largest absolute Gasteiger partial charge is 0.491 e. The van der Waals surface area contributed by atoms with E-state index in [1.807, 2.05) is 20.8 Å². The molecule has 0 saturated heterocycles. The minimum atomic E-state index is -0.396. The van der Waals surface area contributed by atoms with Crippen LogP contribution in [0.2, 0.25) is 0 Å². The lowest BCUT2D eigenvalue weighted by Crippen LogP contribution is -2.22. The van der Waals surface area contributed by atoms with Crippen molar-refractivity contribution in [1.29, 1.82) is 0 Å². The van der Waals surface area contributed by atoms with Crippen molar-refractivity contribution in [2.75, 3.05) is 19.8 Å². The third-order valence-corrected chi connectivity index (χ3v) is 2.79. The topological polar surface area (TPSA) is 73.6 Å². The van der Waals surface area contributed by atoms with Crippen LogP contribution in [0.25, 0.3) is 0 Å². The van der Waals surface area contributed by atoms with Crippen LogP contribution in [0.4, 0.5) is 5.69 Å². The monoisotopic (exact) mass is 296 g/mol. The number of benzene rings is 1. The molecule has 1 aromatic carbocycles. The Balaban J connectivity index is 2.68. The normalized spacial score (nSPS) is 10.9. The number of non-ortho nitro benzene ring substituents is 1. The average Bonchev–Trinajstić information content (AvgIpc) is 2.45. The van der Waals surface area contributed by atoms with Gasteiger partial charge in [0.2, 0.25) is 0 Å². The van der Waals surface area contributed by atoms with Gasteiger partial charge in [-0.2, -0.15) is 0 Å². The van der Waals surface area contributed by atoms with Crippen molar-refractivity contribution in [3.8, 4) is 5.75 Å². The van der Waals surface area contributed by atoms with Crippen LogP contribution >= 0.6 is 0 Å². The lowest BCUT2D eigenvalue weighted by molar-refractivity contribution is -0.384. The third kappa shape index (κ3) is 6.55. The number of nitrogens with zero attached hydrogens (tertiary/aromatic N) is 1. The summed E-state index contributed by atoms with van der Waals surface area (Å²) in [4.78, 5) is 10.5. The first kappa shape index (κ1) is 17.4. The van der Waals surface area contributed by atoms with Gasteiger partial charge in [-0.05, 0) is 12.5 Å². The molecule has 0 aliphatic carbocycles. The van der Waals surface area contributed by atoms with Gasteiger partial charge in [0.05, 0.1) is 11.5 Å². The van der Waals surface area contributed by atoms with E-state index in [9.17, 15) is 10.1 Å². The molecule has 118 valence electrons. The summed E-state index contributed by atoms with van der Waals surface area (Å²) in [5.41, 5.74) is 0.860. The van der Waals surface area contributed by atoms with Crippen LogP contribution < -0.4 is 10.1 Å². The lowest BCUT2D eigenvalue weighted by atomic mass is 10.1. The minimum absolute atomic E-state index is 0.0742. The second-order valence-electron chi connectivity index (χ2n) is 5.05. The number of rotatable bonds is 10. The Hall–Kier alpha value is -1.66. The summed E-state index contributed by atoms with van der Waals surface area (Å²) in [6.45, 7) is 8.30. The summed E-state index contributed by atoms with van der Waals surface area (Å²) < 4.78 is 11.0. The predicted octanol–water partition coefficient (Wildman–Crippen LogP) is 2.90. The van der Waals surface area contributed by atoms with Crippen molar-refractivity contribution in [3.63, 3.8) is 0 Å². The van der Waals surface area contributed by atoms with Gasteiger partial charge in [-0.1, -0.05) is 20.8 Å². The molecule has 0 saturated carbocycles. The maximum atomic E-state index is 10.9. The zero-order chi connectivity index (χ0) is 15.7. The van der Waals surface area contributed by atoms with Crippen LogP contribution in [0.5, 0.6) is 5.75 Å². The van der Waals surface area contributed by atoms with Crippen molar-refractivity contribution in [2.24, 2.45) is 0 Å². The summed E-state index contributed by atoms with van der Waals surface area (Å²) in [6, 6.07) is 4.96. The van der Waals surface area contributed by atoms with E-state index in [4.69, 9.17) is 9.47 Å². The van der Waals surface area contributed by atoms with Gasteiger partial charge in [-0.3, -0.25) is 10.1 Å². The highest BCUT2D eigenvalue weighted by Crippen LogP contribution is 2.24. The Morgan fingerprint density at radius 3 is 2.67 bits per heavy atom. The van der Waals surface area contributed by atoms with Gasteiger partial charge in [0.25, 0.3) is 5.69 Å². The van der Waals surface area contributed by atoms with Crippen molar-refractivity contribution in [3.05, 3.63) is 33.9 Å². The highest BCUT2D eigenvalue weighted by Gasteiger charge is 2.12. The maximum absolute atomic E-state index is 10.9. The zero-order valence-corrected chi connectivity index (χ0v) is 12.9. The molecule has 6 nitrogen and oxygen atoms in total. The molecule has 0 atom stereocenters. The quantitative estimate of drug-likeness (QED) is 0.408. The molecule has 0 aromatic heterocycles. The molecular weight excluding hydrogens is 272 g/mol. The molecule has 6 heteroatoms. The molecule has 1 N–H and O–H groups in total. The van der Waals surface area contributed by atoms with E-state index in [-0.39, 0.29) is 5.69 Å². The molecule has 0 spiro atoms. The molecule has 1 aromatic rings. The summed E-state index contributed by atoms with van der Waals surface area (Å²) in [5, 5.41) is 14.1. The Morgan fingerprint density at radius 2 is 2.05 bits per heavy atom. The van der Waals surface area contributed by atoms with E-state index in [0.29, 0.717) is 38.2 Å². The second kappa shape index (κ2) is 9.31. The number of hydrogen-bond acceptors (Lipinski definition) is 5. The van der Waals surface area contributed by atoms with Gasteiger partial charge < -0.3 is 14.8 Å². The van der Waals surface area contributed by atoms with Gasteiger partial charge in [-0.25, -0.2) is 0 Å². The van der Waals surface area contributed by atoms with Gasteiger partial charge in [0.15, 0.2) is 0 Å². The van der Waals surface area contributed by atoms with E-state index < -0.39 is 4.92 Å². The van der Waals surface area contributed by atoms with Crippen LogP contribution in [0.15, 0.2) is 18.2 Å². The van der Waals surface area contributed by atoms with Gasteiger partial charge in [0, 0.05) is 36.9 Å². The molecule has 0 radical (unpaired) electrons. The molecule has 0 bridgehead atoms. The Kier molecular flexibility index (Phi) is 7.71. The van der Waals surface area contributed by atoms with E-state index in [2.05, 4.69) is 5.32 Å². The fourth-order valence-corrected chi connectivity index (χ4v) is 1.73. The van der Waals surface area contributed by atoms with Gasteiger partial charge in [0.1, 0.15) is 12.4 Å². The van der Waals surface area contributed by atoms with Crippen LogP contribution in [0.1, 0.15) is 32.8 Å². The summed E-state index contributed by atoms with van der Waals surface area (Å²) in [5.74, 6) is 0.661. The van der Waals surface area contributed by atoms with Crippen molar-refractivity contribution in [2.45, 2.75) is 39.8 Å². The Morgan fingerprint density at radius 1 is 1.29 bits per heavy atom. The first-order valence-corrected chi connectivity index (χ1v) is 7.25. The maximum Gasteiger partial charge on any atom is 0.270 e. The molecule has 0 aliphatic heterocycles. The molecule has 0 unspecified atom stereocenters. The number of nitro benzene ring substituents is 1. The SMILES string of the molecule is CCCOCCOc1ccc([N+](=O)[O-])cc1CNC(C)C. The summed E-state index contributed by atoms with van der Waals surface area (Å²) in [7, 11) is 0. The fourth-order valence-electron chi connectivity index (χ4n) is 1.73. The smallest absolute Gasteiger partial charge is 0.270 e. The highest BCUT2D eigenvalue weighted by atomic mass is 16.6. The van der Waals surface area contributed by atoms with E-state index in [1.165, 1.54) is 6.07 Å². The standard InChI is InChI=1S/C15H24N2O4/c1-4-7-20-8-9-21-15-6-5-14(17(18)19)10-13(15)11-16-12(2)3/h5-6,10,12,16H,4,7-9,11H2,1-3H3. The van der Waals surface area contributed by atoms with Crippen LogP contribution in [0, 0.1) is 10.1 Å². The highest BCUT2D eigenvalue weighted by molar-refractivity contribution is 5.43. The van der Waals surface area contributed by atoms with Crippen molar-refractivity contribution >= 4 is 5.69 Å². The van der Waals surface area contributed by atoms with E-state index in [1.54, 1.807) is 12.1 Å². The van der Waals surface area contributed by atoms with Crippen LogP contribution in [0.3, 0.4) is 0 Å². The Labute approximate surface area is 125 Å². The molecule has 0 fully saturated rings. The van der Waals surface area contributed by atoms with Crippen molar-refractivity contribution < 1.29 is 14.4 Å². The van der Waals surface area contributed by atoms with Crippen LogP contribution in [-0.2, 0) is 11.3 Å². The zero-order valence-electron chi connectivity index (χ0n) is 12.9. The Bertz CT molecular complexity index is 449. The minimum Gasteiger partial charge on any atom is -0.491 e. The molecule has 21 heavy (non-hydrogen) atoms. The number of hydrogen-bond donors (Lipinski definition) is 1. The molecule has 1 rings (SSSR count). The molecular formula is C15H24N2O4. The summed E-state index contributed by atoms with van der Waals surface area (Å²) in [6.07, 6.45) is 0.973. The van der Waals surface area contributed by atoms with Crippen molar-refractivity contribution in [1.82, 2.24) is 5.32 Å². The van der Waals surface area contributed by atoms with Gasteiger partial charge >= 0.3 is 0 Å². The molecule has 0 aliphatic rings. The van der Waals surface area contributed by atoms with Crippen LogP contribution in [-0.4, -0.2) is 30.8 Å². The fraction of sp³-hybridized carbons (Fsp3) is 0.600. The average molecular weight is 296 g/mol. The van der Waals surface area contributed by atoms with E-state index in [0.717, 1.165) is 12.0 Å². The predicted molar refractivity (Wildman–Crippen MR) is 81.7 cm³/mol. The summed E-state index contributed by atoms with van der Waals surface area (Å²) >= 11 is 0. The number of ether oxygens (including phenoxy) is 2. The van der Waals surface area contributed by atoms with E-state index >= 15 is 0 Å². The lowest BCUT2D eigenvalue weighted by Gasteiger charge is -2.13. The molecule has 0 amide bonds. The molecule has 0 heterocycles.